The Kier molecular flexibility index (Phi) is 2.17. The van der Waals surface area contributed by atoms with E-state index in [1.54, 1.807) is 19.2 Å². The summed E-state index contributed by atoms with van der Waals surface area (Å²) in [5.74, 6) is 0.856. The third kappa shape index (κ3) is 1.64. The van der Waals surface area contributed by atoms with E-state index in [0.717, 1.165) is 18.2 Å². The molecule has 3 nitrogen and oxygen atoms in total. The van der Waals surface area contributed by atoms with Crippen molar-refractivity contribution in [1.82, 2.24) is 9.78 Å². The van der Waals surface area contributed by atoms with Gasteiger partial charge >= 0.3 is 0 Å². The van der Waals surface area contributed by atoms with Crippen LogP contribution in [0, 0.1) is 5.92 Å². The van der Waals surface area contributed by atoms with Crippen molar-refractivity contribution in [2.24, 2.45) is 5.92 Å². The first-order chi connectivity index (χ1) is 6.27. The molecule has 1 fully saturated rings. The number of hydrogen-bond acceptors (Lipinski definition) is 2. The van der Waals surface area contributed by atoms with Gasteiger partial charge < -0.3 is 0 Å². The molecule has 1 aromatic heterocycles. The van der Waals surface area contributed by atoms with Crippen LogP contribution in [0.25, 0.3) is 0 Å². The zero-order valence-electron chi connectivity index (χ0n) is 7.86. The lowest BCUT2D eigenvalue weighted by atomic mass is 9.85. The number of nitrogens with zero attached hydrogens (tertiary/aromatic N) is 2. The molecule has 13 heavy (non-hydrogen) atoms. The quantitative estimate of drug-likeness (QED) is 0.662. The lowest BCUT2D eigenvalue weighted by molar-refractivity contribution is 0.1000. The van der Waals surface area contributed by atoms with Crippen LogP contribution in [0.4, 0.5) is 0 Å². The highest BCUT2D eigenvalue weighted by molar-refractivity contribution is 5.92. The minimum Gasteiger partial charge on any atom is -0.293 e. The molecular weight excluding hydrogens is 164 g/mol. The average molecular weight is 178 g/mol. The van der Waals surface area contributed by atoms with Gasteiger partial charge in [-0.2, -0.15) is 5.10 Å². The van der Waals surface area contributed by atoms with E-state index >= 15 is 0 Å². The van der Waals surface area contributed by atoms with Crippen LogP contribution in [0.3, 0.4) is 0 Å². The molecule has 3 heteroatoms. The second kappa shape index (κ2) is 3.32. The molecule has 0 saturated heterocycles. The molecule has 0 spiro atoms. The number of ketones is 1. The molecule has 70 valence electrons. The van der Waals surface area contributed by atoms with Crippen molar-refractivity contribution in [1.29, 1.82) is 0 Å². The van der Waals surface area contributed by atoms with E-state index in [9.17, 15) is 4.79 Å². The summed E-state index contributed by atoms with van der Waals surface area (Å²) in [5, 5.41) is 4.16. The second-order valence-electron chi connectivity index (χ2n) is 3.75. The Morgan fingerprint density at radius 1 is 1.69 bits per heavy atom. The van der Waals surface area contributed by atoms with Crippen molar-refractivity contribution in [3.63, 3.8) is 0 Å². The van der Waals surface area contributed by atoms with E-state index in [1.165, 1.54) is 19.3 Å². The van der Waals surface area contributed by atoms with Gasteiger partial charge in [0.05, 0.1) is 0 Å². The monoisotopic (exact) mass is 178 g/mol. The summed E-state index contributed by atoms with van der Waals surface area (Å²) in [5.41, 5.74) is 0.743. The summed E-state index contributed by atoms with van der Waals surface area (Å²) < 4.78 is 1.84. The lowest BCUT2D eigenvalue weighted by Gasteiger charge is -2.25. The first-order valence-electron chi connectivity index (χ1n) is 4.80. The number of Topliss-reactive ketones (excluding diaryl/α,β-unsaturated/α-hetero) is 1. The van der Waals surface area contributed by atoms with Crippen LogP contribution in [0.2, 0.25) is 0 Å². The molecular formula is C10H14N2O. The fraction of sp³-hybridized carbons (Fsp3) is 0.600. The van der Waals surface area contributed by atoms with E-state index in [-0.39, 0.29) is 5.78 Å². The smallest absolute Gasteiger partial charge is 0.177 e. The Hall–Kier alpha value is -1.12. The van der Waals surface area contributed by atoms with E-state index in [0.29, 0.717) is 0 Å². The van der Waals surface area contributed by atoms with Gasteiger partial charge in [-0.3, -0.25) is 9.48 Å². The molecule has 1 aromatic rings. The largest absolute Gasteiger partial charge is 0.293 e. The molecule has 2 rings (SSSR count). The molecule has 0 aliphatic heterocycles. The fourth-order valence-electron chi connectivity index (χ4n) is 1.70. The van der Waals surface area contributed by atoms with Gasteiger partial charge in [-0.15, -0.1) is 0 Å². The summed E-state index contributed by atoms with van der Waals surface area (Å²) in [6.45, 7) is 2.51. The number of carbonyl (C=O) groups is 1. The lowest BCUT2D eigenvalue weighted by Crippen LogP contribution is -2.21. The highest BCUT2D eigenvalue weighted by Crippen LogP contribution is 2.27. The number of rotatable bonds is 3. The number of aromatic nitrogens is 2. The molecule has 0 unspecified atom stereocenters. The van der Waals surface area contributed by atoms with Crippen LogP contribution in [0.1, 0.15) is 36.7 Å². The Morgan fingerprint density at radius 2 is 2.46 bits per heavy atom. The third-order valence-corrected chi connectivity index (χ3v) is 2.73. The van der Waals surface area contributed by atoms with E-state index in [4.69, 9.17) is 0 Å². The second-order valence-corrected chi connectivity index (χ2v) is 3.75. The van der Waals surface area contributed by atoms with Crippen LogP contribution in [0.5, 0.6) is 0 Å². The standard InChI is InChI=1S/C10H14N2O/c1-8(13)10-5-6-11-12(10)7-9-3-2-4-9/h5-6,9H,2-4,7H2,1H3. The van der Waals surface area contributed by atoms with Crippen molar-refractivity contribution >= 4 is 5.78 Å². The van der Waals surface area contributed by atoms with Crippen LogP contribution in [0.15, 0.2) is 12.3 Å². The van der Waals surface area contributed by atoms with Gasteiger partial charge in [-0.1, -0.05) is 6.42 Å². The number of carbonyl (C=O) groups excluding carboxylic acids is 1. The summed E-state index contributed by atoms with van der Waals surface area (Å²) in [6, 6.07) is 1.79. The van der Waals surface area contributed by atoms with Crippen molar-refractivity contribution in [3.05, 3.63) is 18.0 Å². The zero-order chi connectivity index (χ0) is 9.26. The Labute approximate surface area is 77.7 Å². The Balaban J connectivity index is 2.09. The highest BCUT2D eigenvalue weighted by atomic mass is 16.1. The first-order valence-corrected chi connectivity index (χ1v) is 4.80. The van der Waals surface area contributed by atoms with Crippen LogP contribution >= 0.6 is 0 Å². The van der Waals surface area contributed by atoms with Gasteiger partial charge in [-0.05, 0) is 24.8 Å². The first kappa shape index (κ1) is 8.48. The van der Waals surface area contributed by atoms with E-state index in [1.807, 2.05) is 4.68 Å². The van der Waals surface area contributed by atoms with Gasteiger partial charge in [0.15, 0.2) is 5.78 Å². The van der Waals surface area contributed by atoms with Crippen molar-refractivity contribution in [3.8, 4) is 0 Å². The summed E-state index contributed by atoms with van der Waals surface area (Å²) in [6.07, 6.45) is 5.62. The van der Waals surface area contributed by atoms with Gasteiger partial charge in [0.25, 0.3) is 0 Å². The minimum atomic E-state index is 0.108. The molecule has 1 heterocycles. The van der Waals surface area contributed by atoms with Crippen LogP contribution in [-0.4, -0.2) is 15.6 Å². The molecule has 0 atom stereocenters. The molecule has 1 saturated carbocycles. The van der Waals surface area contributed by atoms with E-state index < -0.39 is 0 Å². The van der Waals surface area contributed by atoms with Crippen molar-refractivity contribution in [2.45, 2.75) is 32.7 Å². The summed E-state index contributed by atoms with van der Waals surface area (Å²) in [4.78, 5) is 11.2. The van der Waals surface area contributed by atoms with Crippen molar-refractivity contribution < 1.29 is 4.79 Å². The van der Waals surface area contributed by atoms with Gasteiger partial charge in [-0.25, -0.2) is 0 Å². The van der Waals surface area contributed by atoms with E-state index in [2.05, 4.69) is 5.10 Å². The predicted molar refractivity (Wildman–Crippen MR) is 49.6 cm³/mol. The van der Waals surface area contributed by atoms with Gasteiger partial charge in [0.2, 0.25) is 0 Å². The maximum atomic E-state index is 11.2. The molecule has 0 aromatic carbocycles. The normalized spacial score (nSPS) is 17.0. The molecule has 0 bridgehead atoms. The zero-order valence-corrected chi connectivity index (χ0v) is 7.86. The SMILES string of the molecule is CC(=O)c1ccnn1CC1CCC1. The molecule has 1 aliphatic rings. The Bertz CT molecular complexity index is 312. The molecule has 0 N–H and O–H groups in total. The predicted octanol–water partition coefficient (Wildman–Crippen LogP) is 1.89. The number of hydrogen-bond donors (Lipinski definition) is 0. The summed E-state index contributed by atoms with van der Waals surface area (Å²) in [7, 11) is 0. The average Bonchev–Trinajstić information content (AvgIpc) is 2.44. The molecule has 0 radical (unpaired) electrons. The maximum Gasteiger partial charge on any atom is 0.177 e. The molecule has 1 aliphatic carbocycles. The van der Waals surface area contributed by atoms with Crippen LogP contribution in [-0.2, 0) is 6.54 Å². The van der Waals surface area contributed by atoms with Crippen LogP contribution < -0.4 is 0 Å². The van der Waals surface area contributed by atoms with Gasteiger partial charge in [0.1, 0.15) is 5.69 Å². The topological polar surface area (TPSA) is 34.9 Å². The fourth-order valence-corrected chi connectivity index (χ4v) is 1.70. The third-order valence-electron chi connectivity index (χ3n) is 2.73. The minimum absolute atomic E-state index is 0.108. The Morgan fingerprint density at radius 3 is 3.00 bits per heavy atom. The highest BCUT2D eigenvalue weighted by Gasteiger charge is 2.19. The molecule has 0 amide bonds. The maximum absolute atomic E-state index is 11.2. The van der Waals surface area contributed by atoms with Crippen molar-refractivity contribution in [2.75, 3.05) is 0 Å². The van der Waals surface area contributed by atoms with Gasteiger partial charge in [0, 0.05) is 19.7 Å². The summed E-state index contributed by atoms with van der Waals surface area (Å²) >= 11 is 0.